The van der Waals surface area contributed by atoms with Crippen LogP contribution in [0.4, 0.5) is 0 Å². The Morgan fingerprint density at radius 2 is 0.893 bits per heavy atom. The fourth-order valence-electron chi connectivity index (χ4n) is 4.18. The molecule has 0 radical (unpaired) electrons. The van der Waals surface area contributed by atoms with Crippen LogP contribution in [0.2, 0.25) is 0 Å². The van der Waals surface area contributed by atoms with Gasteiger partial charge in [0.15, 0.2) is 0 Å². The second-order valence-corrected chi connectivity index (χ2v) is 7.64. The lowest BCUT2D eigenvalue weighted by Crippen LogP contribution is -1.86. The van der Waals surface area contributed by atoms with Gasteiger partial charge in [0, 0.05) is 0 Å². The monoisotopic (exact) mass is 358 g/mol. The molecule has 5 aromatic carbocycles. The molecule has 0 heteroatoms. The second-order valence-electron chi connectivity index (χ2n) is 7.64. The highest BCUT2D eigenvalue weighted by molar-refractivity contribution is 6.09. The first-order valence-corrected chi connectivity index (χ1v) is 9.79. The van der Waals surface area contributed by atoms with Crippen LogP contribution in [0.1, 0.15) is 11.1 Å². The van der Waals surface area contributed by atoms with E-state index >= 15 is 0 Å². The van der Waals surface area contributed by atoms with Gasteiger partial charge in [0.1, 0.15) is 0 Å². The van der Waals surface area contributed by atoms with Crippen molar-refractivity contribution in [1.82, 2.24) is 0 Å². The summed E-state index contributed by atoms with van der Waals surface area (Å²) in [5, 5.41) is 5.18. The number of benzene rings is 5. The Morgan fingerprint density at radius 1 is 0.429 bits per heavy atom. The van der Waals surface area contributed by atoms with E-state index in [1.165, 1.54) is 54.9 Å². The lowest BCUT2D eigenvalue weighted by molar-refractivity contribution is 1.47. The Balaban J connectivity index is 1.83. The molecule has 0 saturated carbocycles. The number of rotatable bonds is 2. The van der Waals surface area contributed by atoms with E-state index in [2.05, 4.69) is 111 Å². The first-order valence-electron chi connectivity index (χ1n) is 9.79. The largest absolute Gasteiger partial charge is 0.0614 e. The fraction of sp³-hybridized carbons (Fsp3) is 0.0714. The summed E-state index contributed by atoms with van der Waals surface area (Å²) < 4.78 is 0. The Morgan fingerprint density at radius 3 is 1.36 bits per heavy atom. The highest BCUT2D eigenvalue weighted by Crippen LogP contribution is 2.36. The molecule has 0 N–H and O–H groups in total. The summed E-state index contributed by atoms with van der Waals surface area (Å²) in [6.07, 6.45) is 0. The van der Waals surface area contributed by atoms with E-state index in [4.69, 9.17) is 0 Å². The molecule has 0 spiro atoms. The van der Waals surface area contributed by atoms with Crippen LogP contribution < -0.4 is 0 Å². The molecule has 28 heavy (non-hydrogen) atoms. The highest BCUT2D eigenvalue weighted by atomic mass is 14.1. The van der Waals surface area contributed by atoms with Crippen molar-refractivity contribution in [2.24, 2.45) is 0 Å². The molecule has 5 aromatic rings. The van der Waals surface area contributed by atoms with Crippen molar-refractivity contribution < 1.29 is 0 Å². The Hall–Kier alpha value is -3.38. The Bertz CT molecular complexity index is 1220. The third kappa shape index (κ3) is 2.88. The fourth-order valence-corrected chi connectivity index (χ4v) is 4.18. The summed E-state index contributed by atoms with van der Waals surface area (Å²) in [6, 6.07) is 35.5. The highest BCUT2D eigenvalue weighted by Gasteiger charge is 2.09. The van der Waals surface area contributed by atoms with Crippen LogP contribution in [0.15, 0.2) is 97.1 Å². The average molecular weight is 358 g/mol. The first-order chi connectivity index (χ1) is 13.7. The number of fused-ring (bicyclic) bond motifs is 2. The van der Waals surface area contributed by atoms with Crippen molar-refractivity contribution in [3.63, 3.8) is 0 Å². The van der Waals surface area contributed by atoms with E-state index in [9.17, 15) is 0 Å². The molecule has 0 atom stereocenters. The predicted octanol–water partition coefficient (Wildman–Crippen LogP) is 7.94. The molecule has 0 bridgehead atoms. The molecule has 0 heterocycles. The van der Waals surface area contributed by atoms with Gasteiger partial charge >= 0.3 is 0 Å². The van der Waals surface area contributed by atoms with Gasteiger partial charge in [-0.3, -0.25) is 0 Å². The van der Waals surface area contributed by atoms with Crippen LogP contribution in [-0.2, 0) is 0 Å². The van der Waals surface area contributed by atoms with Crippen LogP contribution in [0.3, 0.4) is 0 Å². The van der Waals surface area contributed by atoms with Crippen LogP contribution in [0, 0.1) is 13.8 Å². The van der Waals surface area contributed by atoms with Gasteiger partial charge in [0.2, 0.25) is 0 Å². The minimum Gasteiger partial charge on any atom is -0.0614 e. The van der Waals surface area contributed by atoms with Crippen molar-refractivity contribution in [3.8, 4) is 22.3 Å². The molecule has 0 saturated heterocycles. The number of hydrogen-bond donors (Lipinski definition) is 0. The molecule has 0 amide bonds. The van der Waals surface area contributed by atoms with E-state index < -0.39 is 0 Å². The Kier molecular flexibility index (Phi) is 3.98. The van der Waals surface area contributed by atoms with Crippen LogP contribution in [0.25, 0.3) is 43.8 Å². The molecular weight excluding hydrogens is 336 g/mol. The summed E-state index contributed by atoms with van der Waals surface area (Å²) in [7, 11) is 0. The molecule has 5 rings (SSSR count). The van der Waals surface area contributed by atoms with Crippen LogP contribution in [0.5, 0.6) is 0 Å². The average Bonchev–Trinajstić information content (AvgIpc) is 2.71. The molecular formula is C28H22. The minimum absolute atomic E-state index is 1.28. The molecule has 0 aliphatic carbocycles. The Labute approximate surface area is 166 Å². The maximum atomic E-state index is 2.38. The first kappa shape index (κ1) is 16.8. The van der Waals surface area contributed by atoms with Gasteiger partial charge in [-0.25, -0.2) is 0 Å². The minimum atomic E-state index is 1.28. The summed E-state index contributed by atoms with van der Waals surface area (Å²) in [4.78, 5) is 0. The van der Waals surface area contributed by atoms with Gasteiger partial charge in [-0.15, -0.1) is 0 Å². The second kappa shape index (κ2) is 6.65. The zero-order valence-corrected chi connectivity index (χ0v) is 16.2. The van der Waals surface area contributed by atoms with E-state index in [0.29, 0.717) is 0 Å². The van der Waals surface area contributed by atoms with Crippen molar-refractivity contribution >= 4 is 21.5 Å². The summed E-state index contributed by atoms with van der Waals surface area (Å²) in [5.41, 5.74) is 7.71. The standard InChI is InChI=1S/C28H22/c1-19-7-3-9-21(15-19)25-13-5-11-23-17-24-12-6-14-26(28(24)18-27(23)25)22-10-4-8-20(2)16-22/h3-18H,1-2H3. The molecule has 134 valence electrons. The summed E-state index contributed by atoms with van der Waals surface area (Å²) >= 11 is 0. The smallest absolute Gasteiger partial charge is 0.00988 e. The van der Waals surface area contributed by atoms with Crippen molar-refractivity contribution in [3.05, 3.63) is 108 Å². The van der Waals surface area contributed by atoms with Gasteiger partial charge in [0.25, 0.3) is 0 Å². The van der Waals surface area contributed by atoms with E-state index in [1.807, 2.05) is 0 Å². The molecule has 0 fully saturated rings. The zero-order chi connectivity index (χ0) is 19.1. The lowest BCUT2D eigenvalue weighted by Gasteiger charge is -2.12. The number of aryl methyl sites for hydroxylation is 2. The lowest BCUT2D eigenvalue weighted by atomic mass is 9.91. The molecule has 0 nitrogen and oxygen atoms in total. The third-order valence-corrected chi connectivity index (χ3v) is 5.54. The molecule has 0 unspecified atom stereocenters. The summed E-state index contributed by atoms with van der Waals surface area (Å²) in [5.74, 6) is 0. The van der Waals surface area contributed by atoms with Crippen molar-refractivity contribution in [1.29, 1.82) is 0 Å². The van der Waals surface area contributed by atoms with Crippen LogP contribution >= 0.6 is 0 Å². The quantitative estimate of drug-likeness (QED) is 0.281. The predicted molar refractivity (Wildman–Crippen MR) is 122 cm³/mol. The van der Waals surface area contributed by atoms with Gasteiger partial charge in [-0.1, -0.05) is 96.1 Å². The van der Waals surface area contributed by atoms with Crippen LogP contribution in [-0.4, -0.2) is 0 Å². The summed E-state index contributed by atoms with van der Waals surface area (Å²) in [6.45, 7) is 4.31. The van der Waals surface area contributed by atoms with Crippen molar-refractivity contribution in [2.45, 2.75) is 13.8 Å². The van der Waals surface area contributed by atoms with Gasteiger partial charge in [0.05, 0.1) is 0 Å². The molecule has 0 aliphatic rings. The van der Waals surface area contributed by atoms with Gasteiger partial charge in [-0.05, 0) is 69.8 Å². The van der Waals surface area contributed by atoms with E-state index in [1.54, 1.807) is 0 Å². The normalized spacial score (nSPS) is 11.2. The van der Waals surface area contributed by atoms with E-state index in [-0.39, 0.29) is 0 Å². The molecule has 0 aromatic heterocycles. The third-order valence-electron chi connectivity index (χ3n) is 5.54. The SMILES string of the molecule is Cc1cccc(-c2cccc3cc4cccc(-c5cccc(C)c5)c4cc23)c1. The van der Waals surface area contributed by atoms with Gasteiger partial charge in [-0.2, -0.15) is 0 Å². The maximum Gasteiger partial charge on any atom is -0.00988 e. The van der Waals surface area contributed by atoms with Gasteiger partial charge < -0.3 is 0 Å². The van der Waals surface area contributed by atoms with Crippen molar-refractivity contribution in [2.75, 3.05) is 0 Å². The number of hydrogen-bond acceptors (Lipinski definition) is 0. The topological polar surface area (TPSA) is 0 Å². The van der Waals surface area contributed by atoms with E-state index in [0.717, 1.165) is 0 Å². The maximum absolute atomic E-state index is 2.38. The zero-order valence-electron chi connectivity index (χ0n) is 16.2. The molecule has 0 aliphatic heterocycles.